The van der Waals surface area contributed by atoms with Crippen LogP contribution in [0.25, 0.3) is 22.0 Å². The minimum Gasteiger partial charge on any atom is -0.478 e. The summed E-state index contributed by atoms with van der Waals surface area (Å²) < 4.78 is 2.12. The van der Waals surface area contributed by atoms with Crippen LogP contribution in [0.4, 0.5) is 0 Å². The molecule has 0 unspecified atom stereocenters. The van der Waals surface area contributed by atoms with Crippen molar-refractivity contribution in [3.8, 4) is 11.1 Å². The Labute approximate surface area is 228 Å². The molecule has 0 aliphatic carbocycles. The molecule has 1 aliphatic rings. The van der Waals surface area contributed by atoms with Gasteiger partial charge in [-0.25, -0.2) is 4.79 Å². The Kier molecular flexibility index (Phi) is 7.92. The van der Waals surface area contributed by atoms with Crippen LogP contribution in [0, 0.1) is 0 Å². The predicted octanol–water partition coefficient (Wildman–Crippen LogP) is 5.92. The van der Waals surface area contributed by atoms with Crippen LogP contribution >= 0.6 is 0 Å². The number of carbonyl (C=O) groups is 2. The largest absolute Gasteiger partial charge is 0.478 e. The number of hydrogen-bond acceptors (Lipinski definition) is 3. The third-order valence-corrected chi connectivity index (χ3v) is 7.61. The van der Waals surface area contributed by atoms with Gasteiger partial charge >= 0.3 is 5.97 Å². The SMILES string of the molecule is CCCCc1cn(Cc2ccc(-c3ccccc3C(=O)O)cc2)c2cc(CC(=O)N3CCCC3)ccc2c1=O. The Balaban J connectivity index is 1.49. The van der Waals surface area contributed by atoms with Crippen molar-refractivity contribution in [3.05, 3.63) is 105 Å². The van der Waals surface area contributed by atoms with Gasteiger partial charge < -0.3 is 14.6 Å². The molecule has 1 aliphatic heterocycles. The number of carboxylic acids is 1. The van der Waals surface area contributed by atoms with Gasteiger partial charge in [0.1, 0.15) is 0 Å². The molecule has 0 atom stereocenters. The summed E-state index contributed by atoms with van der Waals surface area (Å²) in [6.07, 6.45) is 7.11. The van der Waals surface area contributed by atoms with Gasteiger partial charge in [-0.15, -0.1) is 0 Å². The lowest BCUT2D eigenvalue weighted by Crippen LogP contribution is -2.29. The lowest BCUT2D eigenvalue weighted by atomic mass is 9.98. The van der Waals surface area contributed by atoms with Crippen molar-refractivity contribution in [2.24, 2.45) is 0 Å². The summed E-state index contributed by atoms with van der Waals surface area (Å²) in [5, 5.41) is 10.2. The van der Waals surface area contributed by atoms with E-state index in [1.807, 2.05) is 65.7 Å². The highest BCUT2D eigenvalue weighted by molar-refractivity contribution is 5.96. The van der Waals surface area contributed by atoms with E-state index in [9.17, 15) is 19.5 Å². The van der Waals surface area contributed by atoms with Crippen LogP contribution in [0.3, 0.4) is 0 Å². The van der Waals surface area contributed by atoms with E-state index < -0.39 is 5.97 Å². The number of pyridine rings is 1. The molecule has 200 valence electrons. The molecule has 2 heterocycles. The van der Waals surface area contributed by atoms with E-state index in [-0.39, 0.29) is 16.9 Å². The van der Waals surface area contributed by atoms with Crippen molar-refractivity contribution >= 4 is 22.8 Å². The Morgan fingerprint density at radius 1 is 0.923 bits per heavy atom. The zero-order chi connectivity index (χ0) is 27.4. The minimum atomic E-state index is -0.951. The zero-order valence-electron chi connectivity index (χ0n) is 22.4. The van der Waals surface area contributed by atoms with E-state index >= 15 is 0 Å². The summed E-state index contributed by atoms with van der Waals surface area (Å²) >= 11 is 0. The predicted molar refractivity (Wildman–Crippen MR) is 154 cm³/mol. The molecule has 0 radical (unpaired) electrons. The van der Waals surface area contributed by atoms with Crippen LogP contribution in [0.2, 0.25) is 0 Å². The molecule has 5 rings (SSSR count). The average Bonchev–Trinajstić information content (AvgIpc) is 3.50. The fourth-order valence-electron chi connectivity index (χ4n) is 5.44. The van der Waals surface area contributed by atoms with Crippen LogP contribution < -0.4 is 5.43 Å². The maximum Gasteiger partial charge on any atom is 0.336 e. The molecule has 39 heavy (non-hydrogen) atoms. The van der Waals surface area contributed by atoms with Gasteiger partial charge in [-0.2, -0.15) is 0 Å². The number of aromatic nitrogens is 1. The molecule has 3 aromatic carbocycles. The molecule has 4 aromatic rings. The monoisotopic (exact) mass is 522 g/mol. The number of likely N-dealkylation sites (tertiary alicyclic amines) is 1. The number of aromatic carboxylic acids is 1. The second kappa shape index (κ2) is 11.7. The second-order valence-electron chi connectivity index (χ2n) is 10.4. The first kappa shape index (κ1) is 26.4. The van der Waals surface area contributed by atoms with Crippen LogP contribution in [0.5, 0.6) is 0 Å². The Hall–Kier alpha value is -4.19. The highest BCUT2D eigenvalue weighted by Crippen LogP contribution is 2.25. The van der Waals surface area contributed by atoms with Crippen molar-refractivity contribution in [3.63, 3.8) is 0 Å². The van der Waals surface area contributed by atoms with Gasteiger partial charge in [-0.3, -0.25) is 9.59 Å². The normalized spacial score (nSPS) is 13.2. The molecule has 0 spiro atoms. The van der Waals surface area contributed by atoms with Gasteiger partial charge in [0.2, 0.25) is 5.91 Å². The molecule has 0 bridgehead atoms. The van der Waals surface area contributed by atoms with E-state index in [1.54, 1.807) is 12.1 Å². The van der Waals surface area contributed by atoms with Crippen molar-refractivity contribution in [1.82, 2.24) is 9.47 Å². The number of carbonyl (C=O) groups excluding carboxylic acids is 1. The Bertz CT molecular complexity index is 1560. The molecular formula is C33H34N2O4. The van der Waals surface area contributed by atoms with Crippen LogP contribution in [0.15, 0.2) is 77.7 Å². The standard InChI is InChI=1S/C33H34N2O4/c1-2-3-8-26-22-35(21-23-11-14-25(15-12-23)27-9-4-5-10-28(27)33(38)39)30-19-24(13-16-29(30)32(26)37)20-31(36)34-17-6-7-18-34/h4-5,9-16,19,22H,2-3,6-8,17-18,20-21H2,1H3,(H,38,39). The second-order valence-corrected chi connectivity index (χ2v) is 10.4. The van der Waals surface area contributed by atoms with Gasteiger partial charge in [0, 0.05) is 36.8 Å². The van der Waals surface area contributed by atoms with Crippen molar-refractivity contribution in [1.29, 1.82) is 0 Å². The number of aryl methyl sites for hydroxylation is 1. The number of amides is 1. The first-order valence-corrected chi connectivity index (χ1v) is 13.8. The van der Waals surface area contributed by atoms with Gasteiger partial charge in [0.05, 0.1) is 17.5 Å². The van der Waals surface area contributed by atoms with Crippen molar-refractivity contribution < 1.29 is 14.7 Å². The summed E-state index contributed by atoms with van der Waals surface area (Å²) in [4.78, 5) is 39.7. The quantitative estimate of drug-likeness (QED) is 0.296. The maximum atomic E-state index is 13.3. The first-order valence-electron chi connectivity index (χ1n) is 13.8. The lowest BCUT2D eigenvalue weighted by molar-refractivity contribution is -0.129. The lowest BCUT2D eigenvalue weighted by Gasteiger charge is -2.17. The van der Waals surface area contributed by atoms with Gasteiger partial charge in [0.15, 0.2) is 5.43 Å². The summed E-state index contributed by atoms with van der Waals surface area (Å²) in [5.74, 6) is -0.814. The molecule has 1 amide bonds. The topological polar surface area (TPSA) is 79.6 Å². The fourth-order valence-corrected chi connectivity index (χ4v) is 5.44. The molecule has 6 heteroatoms. The van der Waals surface area contributed by atoms with E-state index in [0.29, 0.717) is 23.9 Å². The van der Waals surface area contributed by atoms with Crippen LogP contribution in [0.1, 0.15) is 59.7 Å². The zero-order valence-corrected chi connectivity index (χ0v) is 22.4. The highest BCUT2D eigenvalue weighted by atomic mass is 16.4. The summed E-state index contributed by atoms with van der Waals surface area (Å²) in [6, 6.07) is 20.7. The molecule has 1 saturated heterocycles. The molecule has 6 nitrogen and oxygen atoms in total. The summed E-state index contributed by atoms with van der Waals surface area (Å²) in [5.41, 5.74) is 5.43. The van der Waals surface area contributed by atoms with E-state index in [4.69, 9.17) is 0 Å². The number of nitrogens with zero attached hydrogens (tertiary/aromatic N) is 2. The average molecular weight is 523 g/mol. The van der Waals surface area contributed by atoms with E-state index in [2.05, 4.69) is 11.5 Å². The molecule has 1 fully saturated rings. The van der Waals surface area contributed by atoms with Gasteiger partial charge in [0.25, 0.3) is 0 Å². The summed E-state index contributed by atoms with van der Waals surface area (Å²) in [6.45, 7) is 4.32. The Morgan fingerprint density at radius 2 is 1.64 bits per heavy atom. The number of rotatable bonds is 9. The molecule has 0 saturated carbocycles. The summed E-state index contributed by atoms with van der Waals surface area (Å²) in [7, 11) is 0. The van der Waals surface area contributed by atoms with Crippen molar-refractivity contribution in [2.45, 2.75) is 52.0 Å². The third kappa shape index (κ3) is 5.80. The fraction of sp³-hybridized carbons (Fsp3) is 0.303. The van der Waals surface area contributed by atoms with Crippen LogP contribution in [-0.2, 0) is 24.2 Å². The number of unbranched alkanes of at least 4 members (excludes halogenated alkanes) is 1. The third-order valence-electron chi connectivity index (χ3n) is 7.61. The number of benzene rings is 3. The minimum absolute atomic E-state index is 0.0627. The molecule has 1 aromatic heterocycles. The van der Waals surface area contributed by atoms with Gasteiger partial charge in [-0.05, 0) is 66.1 Å². The molecular weight excluding hydrogens is 488 g/mol. The van der Waals surface area contributed by atoms with E-state index in [1.165, 1.54) is 0 Å². The van der Waals surface area contributed by atoms with E-state index in [0.717, 1.165) is 73.0 Å². The smallest absolute Gasteiger partial charge is 0.336 e. The number of hydrogen-bond donors (Lipinski definition) is 1. The van der Waals surface area contributed by atoms with Crippen LogP contribution in [-0.4, -0.2) is 39.5 Å². The Morgan fingerprint density at radius 3 is 2.36 bits per heavy atom. The molecule has 1 N–H and O–H groups in total. The highest BCUT2D eigenvalue weighted by Gasteiger charge is 2.19. The maximum absolute atomic E-state index is 13.3. The first-order chi connectivity index (χ1) is 18.9. The number of fused-ring (bicyclic) bond motifs is 1. The number of carboxylic acid groups (broad SMARTS) is 1. The van der Waals surface area contributed by atoms with Crippen molar-refractivity contribution in [2.75, 3.05) is 13.1 Å². The van der Waals surface area contributed by atoms with Gasteiger partial charge in [-0.1, -0.05) is 61.9 Å².